The van der Waals surface area contributed by atoms with E-state index < -0.39 is 0 Å². The molecule has 3 aromatic rings. The highest BCUT2D eigenvalue weighted by Crippen LogP contribution is 2.34. The Morgan fingerprint density at radius 2 is 1.95 bits per heavy atom. The van der Waals surface area contributed by atoms with Crippen molar-refractivity contribution in [2.45, 2.75) is 12.5 Å². The van der Waals surface area contributed by atoms with E-state index in [1.807, 2.05) is 18.2 Å². The topological polar surface area (TPSA) is 63.1 Å². The van der Waals surface area contributed by atoms with E-state index in [2.05, 4.69) is 34.6 Å². The first-order valence-corrected chi connectivity index (χ1v) is 7.53. The number of anilines is 1. The van der Waals surface area contributed by atoms with E-state index in [9.17, 15) is 0 Å². The summed E-state index contributed by atoms with van der Waals surface area (Å²) in [7, 11) is 1.69. The molecule has 4 heteroatoms. The van der Waals surface area contributed by atoms with Crippen molar-refractivity contribution >= 4 is 16.6 Å². The average molecular weight is 293 g/mol. The van der Waals surface area contributed by atoms with E-state index in [1.54, 1.807) is 7.11 Å². The minimum Gasteiger partial charge on any atom is -0.497 e. The third kappa shape index (κ3) is 2.04. The minimum atomic E-state index is 0.184. The van der Waals surface area contributed by atoms with Crippen molar-refractivity contribution in [3.8, 4) is 5.75 Å². The van der Waals surface area contributed by atoms with Crippen LogP contribution in [0.5, 0.6) is 5.75 Å². The highest BCUT2D eigenvalue weighted by Gasteiger charge is 2.25. The molecule has 0 radical (unpaired) electrons. The molecule has 1 atom stereocenters. The largest absolute Gasteiger partial charge is 0.497 e. The third-order valence-electron chi connectivity index (χ3n) is 4.42. The third-order valence-corrected chi connectivity index (χ3v) is 4.42. The van der Waals surface area contributed by atoms with E-state index in [0.717, 1.165) is 29.9 Å². The Morgan fingerprint density at radius 1 is 1.14 bits per heavy atom. The van der Waals surface area contributed by atoms with Gasteiger partial charge < -0.3 is 20.8 Å². The molecule has 0 spiro atoms. The molecule has 0 saturated heterocycles. The maximum atomic E-state index is 5.95. The van der Waals surface area contributed by atoms with Gasteiger partial charge in [0.25, 0.3) is 0 Å². The number of hydrogen-bond acceptors (Lipinski definition) is 3. The maximum absolute atomic E-state index is 5.95. The van der Waals surface area contributed by atoms with Crippen molar-refractivity contribution in [2.24, 2.45) is 0 Å². The molecule has 22 heavy (non-hydrogen) atoms. The molecule has 0 bridgehead atoms. The molecule has 2 heterocycles. The Labute approximate surface area is 129 Å². The number of methoxy groups -OCH3 is 1. The molecule has 2 aromatic carbocycles. The van der Waals surface area contributed by atoms with Crippen molar-refractivity contribution in [1.82, 2.24) is 10.3 Å². The molecule has 1 unspecified atom stereocenters. The van der Waals surface area contributed by atoms with Crippen molar-refractivity contribution in [2.75, 3.05) is 19.4 Å². The molecule has 112 valence electrons. The Kier molecular flexibility index (Phi) is 3.05. The number of ether oxygens (including phenoxy) is 1. The number of benzene rings is 2. The number of H-pyrrole nitrogens is 1. The van der Waals surface area contributed by atoms with Crippen molar-refractivity contribution < 1.29 is 4.74 Å². The van der Waals surface area contributed by atoms with Crippen molar-refractivity contribution in [1.29, 1.82) is 0 Å². The van der Waals surface area contributed by atoms with Gasteiger partial charge in [-0.1, -0.05) is 12.1 Å². The van der Waals surface area contributed by atoms with Gasteiger partial charge in [0.2, 0.25) is 0 Å². The Bertz CT molecular complexity index is 820. The number of fused-ring (bicyclic) bond motifs is 3. The van der Waals surface area contributed by atoms with Crippen molar-refractivity contribution in [3.63, 3.8) is 0 Å². The lowest BCUT2D eigenvalue weighted by Crippen LogP contribution is -2.30. The Balaban J connectivity index is 1.82. The number of nitrogen functional groups attached to an aromatic ring is 1. The van der Waals surface area contributed by atoms with Crippen LogP contribution in [0, 0.1) is 0 Å². The zero-order valence-corrected chi connectivity index (χ0v) is 12.5. The van der Waals surface area contributed by atoms with Crippen LogP contribution >= 0.6 is 0 Å². The summed E-state index contributed by atoms with van der Waals surface area (Å²) in [4.78, 5) is 3.57. The van der Waals surface area contributed by atoms with Crippen LogP contribution in [-0.2, 0) is 6.42 Å². The predicted octanol–water partition coefficient (Wildman–Crippen LogP) is 2.99. The first-order chi connectivity index (χ1) is 10.8. The molecule has 0 amide bonds. The number of aromatic amines is 1. The van der Waals surface area contributed by atoms with Crippen LogP contribution in [0.3, 0.4) is 0 Å². The summed E-state index contributed by atoms with van der Waals surface area (Å²) in [6.07, 6.45) is 1.02. The average Bonchev–Trinajstić information content (AvgIpc) is 2.93. The van der Waals surface area contributed by atoms with Crippen LogP contribution in [-0.4, -0.2) is 18.6 Å². The fraction of sp³-hybridized carbons (Fsp3) is 0.222. The van der Waals surface area contributed by atoms with Gasteiger partial charge >= 0.3 is 0 Å². The van der Waals surface area contributed by atoms with Crippen LogP contribution in [0.4, 0.5) is 5.69 Å². The van der Waals surface area contributed by atoms with Gasteiger partial charge in [-0.3, -0.25) is 0 Å². The second kappa shape index (κ2) is 5.07. The first kappa shape index (κ1) is 13.2. The second-order valence-electron chi connectivity index (χ2n) is 5.73. The fourth-order valence-electron chi connectivity index (χ4n) is 3.33. The highest BCUT2D eigenvalue weighted by molar-refractivity contribution is 5.88. The molecule has 4 N–H and O–H groups in total. The monoisotopic (exact) mass is 293 g/mol. The summed E-state index contributed by atoms with van der Waals surface area (Å²) in [6, 6.07) is 14.5. The molecule has 1 aromatic heterocycles. The van der Waals surface area contributed by atoms with Gasteiger partial charge in [0.15, 0.2) is 0 Å². The van der Waals surface area contributed by atoms with Gasteiger partial charge in [0.05, 0.1) is 13.2 Å². The molecule has 1 aliphatic heterocycles. The van der Waals surface area contributed by atoms with E-state index in [-0.39, 0.29) is 6.04 Å². The standard InChI is InChI=1S/C18H19N3O/c1-22-13-5-2-11(3-6-13)17-18-14(8-9-20-17)15-10-12(19)4-7-16(15)21-18/h2-7,10,17,20-21H,8-9,19H2,1H3. The molecule has 4 nitrogen and oxygen atoms in total. The van der Waals surface area contributed by atoms with Crippen LogP contribution in [0.25, 0.3) is 10.9 Å². The predicted molar refractivity (Wildman–Crippen MR) is 89.3 cm³/mol. The Morgan fingerprint density at radius 3 is 2.73 bits per heavy atom. The fourth-order valence-corrected chi connectivity index (χ4v) is 3.33. The summed E-state index contributed by atoms with van der Waals surface area (Å²) in [5, 5.41) is 4.85. The summed E-state index contributed by atoms with van der Waals surface area (Å²) < 4.78 is 5.25. The van der Waals surface area contributed by atoms with E-state index >= 15 is 0 Å². The normalized spacial score (nSPS) is 17.4. The number of nitrogens with two attached hydrogens (primary N) is 1. The lowest BCUT2D eigenvalue weighted by molar-refractivity contribution is 0.414. The first-order valence-electron chi connectivity index (χ1n) is 7.53. The van der Waals surface area contributed by atoms with E-state index in [0.29, 0.717) is 0 Å². The smallest absolute Gasteiger partial charge is 0.118 e. The lowest BCUT2D eigenvalue weighted by Gasteiger charge is -2.25. The van der Waals surface area contributed by atoms with Gasteiger partial charge in [-0.05, 0) is 47.9 Å². The zero-order valence-electron chi connectivity index (χ0n) is 12.5. The van der Waals surface area contributed by atoms with Crippen molar-refractivity contribution in [3.05, 3.63) is 59.3 Å². The summed E-state index contributed by atoms with van der Waals surface area (Å²) >= 11 is 0. The molecular weight excluding hydrogens is 274 g/mol. The zero-order chi connectivity index (χ0) is 15.1. The molecule has 4 rings (SSSR count). The van der Waals surface area contributed by atoms with Crippen LogP contribution in [0.2, 0.25) is 0 Å². The number of nitrogens with one attached hydrogen (secondary N) is 2. The van der Waals surface area contributed by atoms with Crippen LogP contribution in [0.1, 0.15) is 22.9 Å². The minimum absolute atomic E-state index is 0.184. The number of rotatable bonds is 2. The molecule has 1 aliphatic rings. The van der Waals surface area contributed by atoms with Gasteiger partial charge in [0, 0.05) is 28.8 Å². The second-order valence-corrected chi connectivity index (χ2v) is 5.73. The van der Waals surface area contributed by atoms with Gasteiger partial charge in [-0.15, -0.1) is 0 Å². The van der Waals surface area contributed by atoms with Gasteiger partial charge in [-0.25, -0.2) is 0 Å². The summed E-state index contributed by atoms with van der Waals surface area (Å²) in [5.74, 6) is 0.879. The molecule has 0 fully saturated rings. The maximum Gasteiger partial charge on any atom is 0.118 e. The van der Waals surface area contributed by atoms with E-state index in [1.165, 1.54) is 22.2 Å². The SMILES string of the molecule is COc1ccc(C2NCCc3c2[nH]c2ccc(N)cc32)cc1. The van der Waals surface area contributed by atoms with Gasteiger partial charge in [-0.2, -0.15) is 0 Å². The van der Waals surface area contributed by atoms with Crippen LogP contribution in [0.15, 0.2) is 42.5 Å². The van der Waals surface area contributed by atoms with Crippen LogP contribution < -0.4 is 15.8 Å². The van der Waals surface area contributed by atoms with E-state index in [4.69, 9.17) is 10.5 Å². The highest BCUT2D eigenvalue weighted by atomic mass is 16.5. The summed E-state index contributed by atoms with van der Waals surface area (Å²) in [6.45, 7) is 0.964. The Hall–Kier alpha value is -2.46. The molecule has 0 aliphatic carbocycles. The molecule has 0 saturated carbocycles. The quantitative estimate of drug-likeness (QED) is 0.636. The summed E-state index contributed by atoms with van der Waals surface area (Å²) in [5.41, 5.74) is 11.8. The van der Waals surface area contributed by atoms with Gasteiger partial charge in [0.1, 0.15) is 5.75 Å². The molecular formula is C18H19N3O. The lowest BCUT2D eigenvalue weighted by atomic mass is 9.94. The number of hydrogen-bond donors (Lipinski definition) is 3. The number of aromatic nitrogens is 1.